The van der Waals surface area contributed by atoms with Gasteiger partial charge >= 0.3 is 0 Å². The van der Waals surface area contributed by atoms with Crippen LogP contribution >= 0.6 is 0 Å². The van der Waals surface area contributed by atoms with Crippen LogP contribution in [-0.2, 0) is 10.0 Å². The van der Waals surface area contributed by atoms with Crippen LogP contribution < -0.4 is 16.1 Å². The third-order valence-corrected chi connectivity index (χ3v) is 4.24. The van der Waals surface area contributed by atoms with Crippen LogP contribution in [0.5, 0.6) is 0 Å². The van der Waals surface area contributed by atoms with E-state index in [1.807, 2.05) is 0 Å². The molecule has 1 aromatic heterocycles. The predicted molar refractivity (Wildman–Crippen MR) is 67.8 cm³/mol. The van der Waals surface area contributed by atoms with Gasteiger partial charge in [-0.25, -0.2) is 13.4 Å². The molecule has 0 unspecified atom stereocenters. The SMILES string of the molecule is NNc1ccncc1S(=O)(=O)NN1CCCCC1. The Morgan fingerprint density at radius 2 is 2.00 bits per heavy atom. The Bertz CT molecular complexity index is 499. The highest BCUT2D eigenvalue weighted by atomic mass is 32.2. The maximum atomic E-state index is 12.2. The number of rotatable bonds is 4. The number of hydrogen-bond donors (Lipinski definition) is 3. The van der Waals surface area contributed by atoms with Gasteiger partial charge in [0.1, 0.15) is 4.90 Å². The molecule has 0 amide bonds. The summed E-state index contributed by atoms with van der Waals surface area (Å²) in [5.74, 6) is 5.30. The number of piperidine rings is 1. The number of pyridine rings is 1. The van der Waals surface area contributed by atoms with Crippen LogP contribution in [0.3, 0.4) is 0 Å². The zero-order chi connectivity index (χ0) is 13.0. The topological polar surface area (TPSA) is 100 Å². The molecule has 0 spiro atoms. The van der Waals surface area contributed by atoms with Crippen molar-refractivity contribution in [3.05, 3.63) is 18.5 Å². The van der Waals surface area contributed by atoms with Crippen molar-refractivity contribution < 1.29 is 8.42 Å². The van der Waals surface area contributed by atoms with E-state index in [0.717, 1.165) is 32.4 Å². The van der Waals surface area contributed by atoms with Crippen molar-refractivity contribution in [1.29, 1.82) is 0 Å². The Labute approximate surface area is 106 Å². The van der Waals surface area contributed by atoms with Gasteiger partial charge in [0.2, 0.25) is 0 Å². The quantitative estimate of drug-likeness (QED) is 0.528. The molecule has 7 nitrogen and oxygen atoms in total. The maximum Gasteiger partial charge on any atom is 0.257 e. The van der Waals surface area contributed by atoms with Crippen molar-refractivity contribution in [3.8, 4) is 0 Å². The van der Waals surface area contributed by atoms with Gasteiger partial charge in [-0.1, -0.05) is 6.42 Å². The molecule has 1 aliphatic heterocycles. The minimum Gasteiger partial charge on any atom is -0.323 e. The molecule has 4 N–H and O–H groups in total. The summed E-state index contributed by atoms with van der Waals surface area (Å²) in [7, 11) is -3.63. The third kappa shape index (κ3) is 2.96. The average molecular weight is 271 g/mol. The summed E-state index contributed by atoms with van der Waals surface area (Å²) in [6.07, 6.45) is 5.90. The molecule has 18 heavy (non-hydrogen) atoms. The van der Waals surface area contributed by atoms with E-state index in [1.165, 1.54) is 18.5 Å². The molecule has 1 aromatic rings. The smallest absolute Gasteiger partial charge is 0.257 e. The lowest BCUT2D eigenvalue weighted by atomic mass is 10.2. The van der Waals surface area contributed by atoms with Gasteiger partial charge in [0, 0.05) is 25.5 Å². The first kappa shape index (κ1) is 13.2. The summed E-state index contributed by atoms with van der Waals surface area (Å²) in [5, 5.41) is 1.71. The van der Waals surface area contributed by atoms with E-state index in [4.69, 9.17) is 5.84 Å². The van der Waals surface area contributed by atoms with Crippen molar-refractivity contribution in [2.24, 2.45) is 5.84 Å². The van der Waals surface area contributed by atoms with Crippen LogP contribution in [0, 0.1) is 0 Å². The Hall–Kier alpha value is -1.22. The number of nitrogens with zero attached hydrogens (tertiary/aromatic N) is 2. The summed E-state index contributed by atoms with van der Waals surface area (Å²) >= 11 is 0. The fourth-order valence-electron chi connectivity index (χ4n) is 1.92. The van der Waals surface area contributed by atoms with Crippen LogP contribution in [0.1, 0.15) is 19.3 Å². The normalized spacial score (nSPS) is 17.6. The van der Waals surface area contributed by atoms with E-state index >= 15 is 0 Å². The number of nitrogen functional groups attached to an aromatic ring is 1. The Kier molecular flexibility index (Phi) is 4.12. The van der Waals surface area contributed by atoms with Gasteiger partial charge in [-0.2, -0.15) is 0 Å². The number of hydrazine groups is 2. The van der Waals surface area contributed by atoms with E-state index in [-0.39, 0.29) is 4.90 Å². The monoisotopic (exact) mass is 271 g/mol. The van der Waals surface area contributed by atoms with Gasteiger partial charge in [0.05, 0.1) is 5.69 Å². The Morgan fingerprint density at radius 3 is 2.67 bits per heavy atom. The molecule has 0 atom stereocenters. The molecule has 2 heterocycles. The molecule has 0 bridgehead atoms. The van der Waals surface area contributed by atoms with E-state index in [1.54, 1.807) is 5.01 Å². The number of hydrogen-bond acceptors (Lipinski definition) is 6. The lowest BCUT2D eigenvalue weighted by Gasteiger charge is -2.26. The third-order valence-electron chi connectivity index (χ3n) is 2.83. The molecular weight excluding hydrogens is 254 g/mol. The molecule has 1 fully saturated rings. The minimum absolute atomic E-state index is 0.0538. The summed E-state index contributed by atoms with van der Waals surface area (Å²) in [5.41, 5.74) is 2.69. The largest absolute Gasteiger partial charge is 0.323 e. The molecule has 0 saturated carbocycles. The minimum atomic E-state index is -3.63. The molecule has 2 rings (SSSR count). The average Bonchev–Trinajstić information content (AvgIpc) is 2.39. The molecular formula is C10H17N5O2S. The highest BCUT2D eigenvalue weighted by Crippen LogP contribution is 2.19. The number of nitrogens with two attached hydrogens (primary N) is 1. The first-order valence-electron chi connectivity index (χ1n) is 5.81. The van der Waals surface area contributed by atoms with Gasteiger partial charge in [0.25, 0.3) is 10.0 Å². The second-order valence-corrected chi connectivity index (χ2v) is 5.79. The zero-order valence-electron chi connectivity index (χ0n) is 9.96. The number of aromatic nitrogens is 1. The van der Waals surface area contributed by atoms with Crippen molar-refractivity contribution in [1.82, 2.24) is 14.8 Å². The number of anilines is 1. The van der Waals surface area contributed by atoms with Crippen molar-refractivity contribution in [2.75, 3.05) is 18.5 Å². The van der Waals surface area contributed by atoms with Gasteiger partial charge in [-0.3, -0.25) is 10.8 Å². The summed E-state index contributed by atoms with van der Waals surface area (Å²) < 4.78 is 24.4. The van der Waals surface area contributed by atoms with Crippen LogP contribution in [0.4, 0.5) is 5.69 Å². The first-order valence-corrected chi connectivity index (χ1v) is 7.30. The summed E-state index contributed by atoms with van der Waals surface area (Å²) in [6, 6.07) is 1.52. The lowest BCUT2D eigenvalue weighted by molar-refractivity contribution is 0.200. The van der Waals surface area contributed by atoms with Gasteiger partial charge in [0.15, 0.2) is 0 Å². The first-order chi connectivity index (χ1) is 8.63. The highest BCUT2D eigenvalue weighted by Gasteiger charge is 2.22. The van der Waals surface area contributed by atoms with Gasteiger partial charge < -0.3 is 5.43 Å². The van der Waals surface area contributed by atoms with Crippen molar-refractivity contribution >= 4 is 15.7 Å². The molecule has 0 aromatic carbocycles. The van der Waals surface area contributed by atoms with E-state index in [0.29, 0.717) is 5.69 Å². The molecule has 1 aliphatic rings. The standard InChI is InChI=1S/C10H17N5O2S/c11-13-9-4-5-12-8-10(9)18(16,17)14-15-6-2-1-3-7-15/h4-5,8,14H,1-3,6-7,11H2,(H,12,13). The highest BCUT2D eigenvalue weighted by molar-refractivity contribution is 7.89. The van der Waals surface area contributed by atoms with E-state index < -0.39 is 10.0 Å². The lowest BCUT2D eigenvalue weighted by Crippen LogP contribution is -2.45. The fraction of sp³-hybridized carbons (Fsp3) is 0.500. The summed E-state index contributed by atoms with van der Waals surface area (Å²) in [4.78, 5) is 6.43. The second-order valence-electron chi connectivity index (χ2n) is 4.16. The molecule has 0 radical (unpaired) electrons. The van der Waals surface area contributed by atoms with Crippen LogP contribution in [-0.4, -0.2) is 31.5 Å². The van der Waals surface area contributed by atoms with Gasteiger partial charge in [-0.15, -0.1) is 4.83 Å². The predicted octanol–water partition coefficient (Wildman–Crippen LogP) is 0.0464. The maximum absolute atomic E-state index is 12.2. The van der Waals surface area contributed by atoms with Crippen LogP contribution in [0.25, 0.3) is 0 Å². The fourth-order valence-corrected chi connectivity index (χ4v) is 3.15. The zero-order valence-corrected chi connectivity index (χ0v) is 10.8. The van der Waals surface area contributed by atoms with Crippen molar-refractivity contribution in [3.63, 3.8) is 0 Å². The second kappa shape index (κ2) is 5.61. The van der Waals surface area contributed by atoms with Crippen molar-refractivity contribution in [2.45, 2.75) is 24.2 Å². The summed E-state index contributed by atoms with van der Waals surface area (Å²) in [6.45, 7) is 1.45. The Morgan fingerprint density at radius 1 is 1.28 bits per heavy atom. The van der Waals surface area contributed by atoms with E-state index in [9.17, 15) is 8.42 Å². The van der Waals surface area contributed by atoms with Gasteiger partial charge in [-0.05, 0) is 18.9 Å². The van der Waals surface area contributed by atoms with Crippen LogP contribution in [0.2, 0.25) is 0 Å². The molecule has 1 saturated heterocycles. The Balaban J connectivity index is 2.19. The molecule has 0 aliphatic carbocycles. The molecule has 100 valence electrons. The molecule has 8 heteroatoms. The number of sulfonamides is 1. The number of nitrogens with one attached hydrogen (secondary N) is 2. The van der Waals surface area contributed by atoms with Crippen LogP contribution in [0.15, 0.2) is 23.4 Å². The van der Waals surface area contributed by atoms with E-state index in [2.05, 4.69) is 15.2 Å².